The molecule has 0 spiro atoms. The third-order valence-electron chi connectivity index (χ3n) is 7.38. The lowest BCUT2D eigenvalue weighted by Crippen LogP contribution is -2.56. The van der Waals surface area contributed by atoms with Crippen molar-refractivity contribution in [3.63, 3.8) is 0 Å². The molecule has 0 bridgehead atoms. The Hall–Kier alpha value is -3.68. The van der Waals surface area contributed by atoms with Gasteiger partial charge in [0.25, 0.3) is 0 Å². The number of nitrogens with one attached hydrogen (secondary N) is 1. The number of benzene rings is 3. The van der Waals surface area contributed by atoms with Gasteiger partial charge >= 0.3 is 0 Å². The van der Waals surface area contributed by atoms with E-state index in [0.29, 0.717) is 32.7 Å². The average Bonchev–Trinajstić information content (AvgIpc) is 3.22. The summed E-state index contributed by atoms with van der Waals surface area (Å²) in [5.74, 6) is 0.136. The second-order valence-electron chi connectivity index (χ2n) is 9.56. The topological polar surface area (TPSA) is 66.8 Å². The van der Waals surface area contributed by atoms with Crippen molar-refractivity contribution in [3.05, 3.63) is 72.3 Å². The number of ether oxygens (including phenoxy) is 1. The van der Waals surface area contributed by atoms with Crippen LogP contribution >= 0.6 is 0 Å². The van der Waals surface area contributed by atoms with E-state index in [-0.39, 0.29) is 24.4 Å². The summed E-state index contributed by atoms with van der Waals surface area (Å²) >= 11 is 0. The van der Waals surface area contributed by atoms with E-state index in [2.05, 4.69) is 69.1 Å². The molecule has 3 heterocycles. The van der Waals surface area contributed by atoms with Crippen LogP contribution in [0.5, 0.6) is 0 Å². The minimum absolute atomic E-state index is 0.0841. The van der Waals surface area contributed by atoms with Crippen LogP contribution in [-0.2, 0) is 27.5 Å². The second kappa shape index (κ2) is 9.41. The number of likely N-dealkylation sites (tertiary alicyclic amines) is 1. The Labute approximate surface area is 210 Å². The fourth-order valence-electron chi connectivity index (χ4n) is 5.68. The van der Waals surface area contributed by atoms with Crippen LogP contribution in [0.4, 0.5) is 11.4 Å². The number of Topliss-reactive ketones (excluding diaryl/α,β-unsaturated/α-hetero) is 1. The van der Waals surface area contributed by atoms with Gasteiger partial charge in [-0.3, -0.25) is 14.5 Å². The lowest BCUT2D eigenvalue weighted by atomic mass is 10.0. The summed E-state index contributed by atoms with van der Waals surface area (Å²) < 4.78 is 8.11. The number of para-hydroxylation sites is 2. The smallest absolute Gasteiger partial charge is 0.238 e. The third kappa shape index (κ3) is 4.04. The maximum absolute atomic E-state index is 13.2. The van der Waals surface area contributed by atoms with Crippen LogP contribution in [0, 0.1) is 0 Å². The highest BCUT2D eigenvalue weighted by atomic mass is 16.5. The van der Waals surface area contributed by atoms with Crippen molar-refractivity contribution in [1.82, 2.24) is 9.47 Å². The molecule has 1 N–H and O–H groups in total. The monoisotopic (exact) mass is 482 g/mol. The molecular formula is C29H30N4O3. The molecule has 1 atom stereocenters. The molecule has 7 heteroatoms. The first-order chi connectivity index (χ1) is 17.6. The van der Waals surface area contributed by atoms with Gasteiger partial charge in [0, 0.05) is 64.7 Å². The molecular weight excluding hydrogens is 452 g/mol. The largest absolute Gasteiger partial charge is 0.356 e. The summed E-state index contributed by atoms with van der Waals surface area (Å²) in [6, 6.07) is 22.6. The van der Waals surface area contributed by atoms with Gasteiger partial charge in [0.15, 0.2) is 0 Å². The standard InChI is InChI=1S/C29H30N4O3/c1-2-32-26-10-6-4-8-23(26)24-15-21(11-12-27(24)32)30-28(35)17-31-14-13-22(34)16-29(31)33-19-36-18-20-7-3-5-9-25(20)33/h3-12,15,29H,2,13-14,16-19H2,1H3,(H,30,35). The van der Waals surface area contributed by atoms with E-state index in [1.165, 1.54) is 10.9 Å². The first-order valence-electron chi connectivity index (χ1n) is 12.6. The summed E-state index contributed by atoms with van der Waals surface area (Å²) in [6.07, 6.45) is 0.638. The van der Waals surface area contributed by atoms with Crippen molar-refractivity contribution < 1.29 is 14.3 Å². The van der Waals surface area contributed by atoms with Gasteiger partial charge < -0.3 is 19.5 Å². The van der Waals surface area contributed by atoms with Crippen molar-refractivity contribution in [2.75, 3.05) is 30.0 Å². The molecule has 2 aliphatic rings. The summed E-state index contributed by atoms with van der Waals surface area (Å²) in [7, 11) is 0. The van der Waals surface area contributed by atoms with Crippen LogP contribution in [0.1, 0.15) is 25.3 Å². The predicted molar refractivity (Wildman–Crippen MR) is 142 cm³/mol. The predicted octanol–water partition coefficient (Wildman–Crippen LogP) is 4.74. The maximum atomic E-state index is 13.2. The number of aromatic nitrogens is 1. The molecule has 0 saturated carbocycles. The lowest BCUT2D eigenvalue weighted by Gasteiger charge is -2.44. The quantitative estimate of drug-likeness (QED) is 0.445. The molecule has 1 fully saturated rings. The first-order valence-corrected chi connectivity index (χ1v) is 12.6. The van der Waals surface area contributed by atoms with Gasteiger partial charge in [0.05, 0.1) is 19.3 Å². The normalized spacial score (nSPS) is 18.5. The van der Waals surface area contributed by atoms with E-state index in [9.17, 15) is 9.59 Å². The highest BCUT2D eigenvalue weighted by Crippen LogP contribution is 2.32. The van der Waals surface area contributed by atoms with Gasteiger partial charge in [-0.05, 0) is 37.3 Å². The molecule has 0 aliphatic carbocycles. The van der Waals surface area contributed by atoms with Crippen LogP contribution in [0.25, 0.3) is 21.8 Å². The number of piperidine rings is 1. The van der Waals surface area contributed by atoms with E-state index in [4.69, 9.17) is 4.74 Å². The Bertz CT molecular complexity index is 1460. The van der Waals surface area contributed by atoms with Crippen molar-refractivity contribution >= 4 is 44.9 Å². The molecule has 4 aromatic rings. The number of nitrogens with zero attached hydrogens (tertiary/aromatic N) is 3. The van der Waals surface area contributed by atoms with E-state index in [1.807, 2.05) is 24.3 Å². The van der Waals surface area contributed by atoms with Crippen LogP contribution in [0.3, 0.4) is 0 Å². The van der Waals surface area contributed by atoms with Gasteiger partial charge in [-0.2, -0.15) is 0 Å². The van der Waals surface area contributed by atoms with Crippen LogP contribution in [-0.4, -0.2) is 47.1 Å². The highest BCUT2D eigenvalue weighted by Gasteiger charge is 2.35. The molecule has 184 valence electrons. The van der Waals surface area contributed by atoms with E-state index in [0.717, 1.165) is 34.4 Å². The van der Waals surface area contributed by atoms with E-state index in [1.54, 1.807) is 0 Å². The van der Waals surface area contributed by atoms with Crippen molar-refractivity contribution in [3.8, 4) is 0 Å². The maximum Gasteiger partial charge on any atom is 0.238 e. The number of ketones is 1. The average molecular weight is 483 g/mol. The zero-order valence-electron chi connectivity index (χ0n) is 20.4. The summed E-state index contributed by atoms with van der Waals surface area (Å²) in [4.78, 5) is 29.8. The summed E-state index contributed by atoms with van der Waals surface area (Å²) in [6.45, 7) is 4.77. The number of fused-ring (bicyclic) bond motifs is 4. The minimum Gasteiger partial charge on any atom is -0.356 e. The summed E-state index contributed by atoms with van der Waals surface area (Å²) in [5, 5.41) is 5.42. The number of amides is 1. The van der Waals surface area contributed by atoms with Gasteiger partial charge in [0.1, 0.15) is 12.5 Å². The zero-order valence-corrected chi connectivity index (χ0v) is 20.4. The summed E-state index contributed by atoms with van der Waals surface area (Å²) in [5.41, 5.74) is 5.32. The Morgan fingerprint density at radius 1 is 1.03 bits per heavy atom. The first kappa shape index (κ1) is 22.8. The number of rotatable bonds is 5. The van der Waals surface area contributed by atoms with Gasteiger partial charge in [-0.15, -0.1) is 0 Å². The number of carbonyl (C=O) groups is 2. The molecule has 1 unspecified atom stereocenters. The zero-order chi connectivity index (χ0) is 24.6. The van der Waals surface area contributed by atoms with Gasteiger partial charge in [-0.25, -0.2) is 0 Å². The fourth-order valence-corrected chi connectivity index (χ4v) is 5.68. The number of aryl methyl sites for hydroxylation is 1. The van der Waals surface area contributed by atoms with E-state index < -0.39 is 0 Å². The Morgan fingerprint density at radius 3 is 2.72 bits per heavy atom. The Kier molecular flexibility index (Phi) is 5.95. The van der Waals surface area contributed by atoms with Crippen LogP contribution in [0.2, 0.25) is 0 Å². The fraction of sp³-hybridized carbons (Fsp3) is 0.310. The minimum atomic E-state index is -0.205. The van der Waals surface area contributed by atoms with Crippen molar-refractivity contribution in [2.24, 2.45) is 0 Å². The van der Waals surface area contributed by atoms with Gasteiger partial charge in [0.2, 0.25) is 5.91 Å². The molecule has 36 heavy (non-hydrogen) atoms. The number of hydrogen-bond acceptors (Lipinski definition) is 5. The van der Waals surface area contributed by atoms with Crippen molar-refractivity contribution in [2.45, 2.75) is 39.1 Å². The van der Waals surface area contributed by atoms with Crippen molar-refractivity contribution in [1.29, 1.82) is 0 Å². The van der Waals surface area contributed by atoms with Crippen LogP contribution in [0.15, 0.2) is 66.7 Å². The molecule has 1 amide bonds. The number of hydrogen-bond donors (Lipinski definition) is 1. The molecule has 3 aromatic carbocycles. The molecule has 0 radical (unpaired) electrons. The van der Waals surface area contributed by atoms with Crippen LogP contribution < -0.4 is 10.2 Å². The Balaban J connectivity index is 1.23. The second-order valence-corrected chi connectivity index (χ2v) is 9.56. The molecule has 7 nitrogen and oxygen atoms in total. The molecule has 1 saturated heterocycles. The molecule has 6 rings (SSSR count). The third-order valence-corrected chi connectivity index (χ3v) is 7.38. The SMILES string of the molecule is CCn1c2ccccc2c2cc(NC(=O)CN3CCC(=O)CC3N3COCc4ccccc43)ccc21. The molecule has 1 aromatic heterocycles. The molecule has 2 aliphatic heterocycles. The number of carbonyl (C=O) groups excluding carboxylic acids is 2. The lowest BCUT2D eigenvalue weighted by molar-refractivity contribution is -0.126. The highest BCUT2D eigenvalue weighted by molar-refractivity contribution is 6.09. The number of anilines is 2. The van der Waals surface area contributed by atoms with Gasteiger partial charge in [-0.1, -0.05) is 36.4 Å². The van der Waals surface area contributed by atoms with E-state index >= 15 is 0 Å². The Morgan fingerprint density at radius 2 is 1.83 bits per heavy atom.